The number of aliphatic hydroxyl groups excluding tert-OH is 1. The number of rotatable bonds is 5. The number of nitrogens with zero attached hydrogens (tertiary/aromatic N) is 5. The Morgan fingerprint density at radius 1 is 1.21 bits per heavy atom. The number of aromatic nitrogens is 2. The van der Waals surface area contributed by atoms with Crippen LogP contribution in [-0.2, 0) is 4.74 Å². The fourth-order valence-corrected chi connectivity index (χ4v) is 5.25. The number of nitrogens with one attached hydrogen (secondary N) is 1. The molecule has 2 atom stereocenters. The molecule has 2 unspecified atom stereocenters. The van der Waals surface area contributed by atoms with Crippen LogP contribution in [0.4, 0.5) is 11.5 Å². The van der Waals surface area contributed by atoms with Crippen molar-refractivity contribution in [3.63, 3.8) is 0 Å². The second-order valence-corrected chi connectivity index (χ2v) is 9.89. The Kier molecular flexibility index (Phi) is 7.01. The van der Waals surface area contributed by atoms with E-state index in [1.54, 1.807) is 6.21 Å². The zero-order valence-electron chi connectivity index (χ0n) is 19.8. The van der Waals surface area contributed by atoms with Crippen molar-refractivity contribution in [2.45, 2.75) is 63.6 Å². The van der Waals surface area contributed by atoms with Crippen LogP contribution in [0.2, 0.25) is 5.02 Å². The van der Waals surface area contributed by atoms with Gasteiger partial charge in [0.25, 0.3) is 0 Å². The highest BCUT2D eigenvalue weighted by Crippen LogP contribution is 2.38. The average Bonchev–Trinajstić information content (AvgIpc) is 3.48. The maximum absolute atomic E-state index is 10.2. The molecule has 1 aromatic heterocycles. The number of piperidine rings is 1. The molecule has 2 aliphatic heterocycles. The highest BCUT2D eigenvalue weighted by molar-refractivity contribution is 6.31. The number of hydrogen-bond donors (Lipinski definition) is 2. The first-order valence-electron chi connectivity index (χ1n) is 12.2. The summed E-state index contributed by atoms with van der Waals surface area (Å²) in [7, 11) is 0. The van der Waals surface area contributed by atoms with E-state index >= 15 is 0 Å². The first-order chi connectivity index (χ1) is 16.5. The molecular weight excluding hydrogens is 452 g/mol. The topological polar surface area (TPSA) is 87.3 Å². The molecule has 1 aliphatic carbocycles. The summed E-state index contributed by atoms with van der Waals surface area (Å²) in [5, 5.41) is 18.9. The molecule has 0 amide bonds. The Hall–Kier alpha value is -2.26. The Balaban J connectivity index is 1.31. The van der Waals surface area contributed by atoms with E-state index in [0.29, 0.717) is 31.1 Å². The van der Waals surface area contributed by atoms with Crippen molar-refractivity contribution in [2.75, 3.05) is 31.6 Å². The van der Waals surface area contributed by atoms with Gasteiger partial charge in [-0.1, -0.05) is 11.6 Å². The number of halogens is 1. The van der Waals surface area contributed by atoms with Crippen LogP contribution in [0.1, 0.15) is 55.8 Å². The Morgan fingerprint density at radius 3 is 2.68 bits per heavy atom. The highest BCUT2D eigenvalue weighted by atomic mass is 35.5. The predicted octanol–water partition coefficient (Wildman–Crippen LogP) is 4.31. The summed E-state index contributed by atoms with van der Waals surface area (Å²) in [5.41, 5.74) is 3.02. The zero-order chi connectivity index (χ0) is 23.7. The number of ether oxygens (including phenoxy) is 1. The molecule has 0 radical (unpaired) electrons. The summed E-state index contributed by atoms with van der Waals surface area (Å²) in [5.74, 6) is 1.73. The smallest absolute Gasteiger partial charge is 0.228 e. The highest BCUT2D eigenvalue weighted by Gasteiger charge is 2.34. The number of anilines is 1. The van der Waals surface area contributed by atoms with Gasteiger partial charge in [-0.25, -0.2) is 9.67 Å². The number of likely N-dealkylation sites (tertiary alicyclic amines) is 1. The van der Waals surface area contributed by atoms with Crippen molar-refractivity contribution in [1.82, 2.24) is 14.7 Å². The van der Waals surface area contributed by atoms with Gasteiger partial charge in [0.1, 0.15) is 0 Å². The van der Waals surface area contributed by atoms with Crippen LogP contribution in [0.25, 0.3) is 0 Å². The van der Waals surface area contributed by atoms with Crippen molar-refractivity contribution >= 4 is 35.3 Å². The molecule has 0 spiro atoms. The fourth-order valence-electron chi connectivity index (χ4n) is 4.98. The SMILES string of the molecule is C/C=N\C(=N\c1cc(C)nn1C1CC1)Nc1ccc(Cl)c(C2CCN(C3COCC3O)CC2)c1. The molecule has 2 saturated heterocycles. The van der Waals surface area contributed by atoms with Crippen LogP contribution < -0.4 is 5.32 Å². The van der Waals surface area contributed by atoms with Crippen LogP contribution in [-0.4, -0.2) is 70.4 Å². The first-order valence-corrected chi connectivity index (χ1v) is 12.6. The van der Waals surface area contributed by atoms with Crippen molar-refractivity contribution in [1.29, 1.82) is 0 Å². The maximum Gasteiger partial charge on any atom is 0.228 e. The average molecular weight is 485 g/mol. The van der Waals surface area contributed by atoms with Gasteiger partial charge in [0.15, 0.2) is 5.82 Å². The predicted molar refractivity (Wildman–Crippen MR) is 136 cm³/mol. The molecule has 3 aliphatic rings. The van der Waals surface area contributed by atoms with Crippen LogP contribution in [0, 0.1) is 6.92 Å². The van der Waals surface area contributed by atoms with Gasteiger partial charge in [-0.3, -0.25) is 4.90 Å². The first kappa shape index (κ1) is 23.5. The minimum atomic E-state index is -0.385. The standard InChI is InChI=1S/C25H33ClN6O2/c1-3-27-25(29-24-12-16(2)30-32(24)19-5-6-19)28-18-4-7-21(26)20(13-18)17-8-10-31(11-9-17)22-14-34-15-23(22)33/h3-4,7,12-13,17,19,22-23,33H,5-6,8-11,14-15H2,1-2H3,(H,28,29)/b27-3-. The van der Waals surface area contributed by atoms with E-state index < -0.39 is 0 Å². The lowest BCUT2D eigenvalue weighted by atomic mass is 9.88. The van der Waals surface area contributed by atoms with Crippen molar-refractivity contribution in [2.24, 2.45) is 9.98 Å². The summed E-state index contributed by atoms with van der Waals surface area (Å²) in [6.45, 7) is 6.79. The third kappa shape index (κ3) is 5.20. The van der Waals surface area contributed by atoms with Gasteiger partial charge >= 0.3 is 0 Å². The Morgan fingerprint density at radius 2 is 2.00 bits per heavy atom. The molecule has 1 aromatic carbocycles. The molecule has 34 heavy (non-hydrogen) atoms. The van der Waals surface area contributed by atoms with Crippen LogP contribution in [0.3, 0.4) is 0 Å². The second-order valence-electron chi connectivity index (χ2n) is 9.49. The van der Waals surface area contributed by atoms with E-state index in [2.05, 4.69) is 26.4 Å². The lowest BCUT2D eigenvalue weighted by molar-refractivity contribution is 0.0663. The number of benzene rings is 1. The number of hydrogen-bond acceptors (Lipinski definition) is 5. The van der Waals surface area contributed by atoms with Gasteiger partial charge in [-0.05, 0) is 82.3 Å². The lowest BCUT2D eigenvalue weighted by Gasteiger charge is -2.36. The molecule has 2 N–H and O–H groups in total. The summed E-state index contributed by atoms with van der Waals surface area (Å²) in [4.78, 5) is 11.6. The van der Waals surface area contributed by atoms with E-state index in [4.69, 9.17) is 21.3 Å². The summed E-state index contributed by atoms with van der Waals surface area (Å²) >= 11 is 6.64. The molecule has 8 nitrogen and oxygen atoms in total. The van der Waals surface area contributed by atoms with Gasteiger partial charge in [0.05, 0.1) is 37.1 Å². The molecule has 9 heteroatoms. The molecule has 3 heterocycles. The van der Waals surface area contributed by atoms with E-state index in [1.807, 2.05) is 36.7 Å². The van der Waals surface area contributed by atoms with Gasteiger partial charge in [0.2, 0.25) is 5.96 Å². The molecule has 0 bridgehead atoms. The molecule has 3 fully saturated rings. The maximum atomic E-state index is 10.2. The monoisotopic (exact) mass is 484 g/mol. The Labute approximate surface area is 205 Å². The van der Waals surface area contributed by atoms with Gasteiger partial charge in [0, 0.05) is 23.0 Å². The minimum Gasteiger partial charge on any atom is -0.389 e. The van der Waals surface area contributed by atoms with Gasteiger partial charge < -0.3 is 15.2 Å². The van der Waals surface area contributed by atoms with Gasteiger partial charge in [-0.2, -0.15) is 10.1 Å². The number of aliphatic hydroxyl groups is 1. The van der Waals surface area contributed by atoms with Crippen LogP contribution >= 0.6 is 11.6 Å². The van der Waals surface area contributed by atoms with E-state index in [9.17, 15) is 5.11 Å². The molecule has 5 rings (SSSR count). The zero-order valence-corrected chi connectivity index (χ0v) is 20.6. The van der Waals surface area contributed by atoms with Crippen molar-refractivity contribution in [3.05, 3.63) is 40.5 Å². The molecule has 182 valence electrons. The molecular formula is C25H33ClN6O2. The summed E-state index contributed by atoms with van der Waals surface area (Å²) < 4.78 is 7.45. The summed E-state index contributed by atoms with van der Waals surface area (Å²) in [6, 6.07) is 8.61. The van der Waals surface area contributed by atoms with E-state index in [1.165, 1.54) is 0 Å². The number of aliphatic imine (C=N–C) groups is 2. The van der Waals surface area contributed by atoms with Crippen molar-refractivity contribution in [3.8, 4) is 0 Å². The van der Waals surface area contributed by atoms with Crippen LogP contribution in [0.5, 0.6) is 0 Å². The normalized spacial score (nSPS) is 24.9. The van der Waals surface area contributed by atoms with E-state index in [0.717, 1.165) is 66.6 Å². The molecule has 1 saturated carbocycles. The lowest BCUT2D eigenvalue weighted by Crippen LogP contribution is -2.46. The summed E-state index contributed by atoms with van der Waals surface area (Å²) in [6.07, 6.45) is 5.65. The van der Waals surface area contributed by atoms with E-state index in [-0.39, 0.29) is 12.1 Å². The fraction of sp³-hybridized carbons (Fsp3) is 0.560. The number of aryl methyl sites for hydroxylation is 1. The second kappa shape index (κ2) is 10.2. The van der Waals surface area contributed by atoms with Crippen molar-refractivity contribution < 1.29 is 9.84 Å². The number of guanidine groups is 1. The molecule has 2 aromatic rings. The quantitative estimate of drug-likeness (QED) is 0.487. The van der Waals surface area contributed by atoms with Gasteiger partial charge in [-0.15, -0.1) is 0 Å². The largest absolute Gasteiger partial charge is 0.389 e. The minimum absolute atomic E-state index is 0.114. The third-order valence-electron chi connectivity index (χ3n) is 6.91. The van der Waals surface area contributed by atoms with Crippen LogP contribution in [0.15, 0.2) is 34.3 Å². The Bertz CT molecular complexity index is 1070. The third-order valence-corrected chi connectivity index (χ3v) is 7.26.